The summed E-state index contributed by atoms with van der Waals surface area (Å²) in [5.41, 5.74) is 0. The lowest BCUT2D eigenvalue weighted by Crippen LogP contribution is -2.37. The fraction of sp³-hybridized carbons (Fsp3) is 0.800. The van der Waals surface area contributed by atoms with Crippen LogP contribution in [0.15, 0.2) is 12.3 Å². The molecule has 0 saturated carbocycles. The first-order chi connectivity index (χ1) is 5.68. The Hall–Kier alpha value is -0.500. The van der Waals surface area contributed by atoms with E-state index in [2.05, 4.69) is 25.3 Å². The van der Waals surface area contributed by atoms with Gasteiger partial charge in [0.25, 0.3) is 0 Å². The minimum absolute atomic E-state index is 0.444. The highest BCUT2D eigenvalue weighted by molar-refractivity contribution is 5.05. The molecule has 2 saturated heterocycles. The van der Waals surface area contributed by atoms with Crippen LogP contribution in [-0.4, -0.2) is 29.6 Å². The largest absolute Gasteiger partial charge is 0.494 e. The van der Waals surface area contributed by atoms with E-state index >= 15 is 0 Å². The summed E-state index contributed by atoms with van der Waals surface area (Å²) in [6.45, 7) is 9.58. The molecule has 2 heterocycles. The minimum atomic E-state index is 0.444. The van der Waals surface area contributed by atoms with Crippen LogP contribution >= 0.6 is 0 Å². The van der Waals surface area contributed by atoms with Crippen molar-refractivity contribution in [3.8, 4) is 0 Å². The van der Waals surface area contributed by atoms with E-state index < -0.39 is 0 Å². The third kappa shape index (κ3) is 1.14. The maximum absolute atomic E-state index is 5.63. The Morgan fingerprint density at radius 1 is 1.58 bits per heavy atom. The summed E-state index contributed by atoms with van der Waals surface area (Å²) >= 11 is 0. The molecule has 68 valence electrons. The lowest BCUT2D eigenvalue weighted by atomic mass is 10.1. The van der Waals surface area contributed by atoms with Crippen LogP contribution < -0.4 is 0 Å². The second kappa shape index (κ2) is 2.77. The molecule has 0 amide bonds. The van der Waals surface area contributed by atoms with Gasteiger partial charge >= 0.3 is 0 Å². The van der Waals surface area contributed by atoms with Gasteiger partial charge in [0, 0.05) is 19.0 Å². The van der Waals surface area contributed by atoms with Crippen LogP contribution in [0.3, 0.4) is 0 Å². The van der Waals surface area contributed by atoms with Crippen LogP contribution in [0.4, 0.5) is 0 Å². The molecule has 2 aliphatic heterocycles. The Bertz CT molecular complexity index is 200. The fourth-order valence-electron chi connectivity index (χ4n) is 2.37. The predicted molar refractivity (Wildman–Crippen MR) is 48.9 cm³/mol. The number of ether oxygens (including phenoxy) is 1. The normalized spacial score (nSPS) is 35.8. The van der Waals surface area contributed by atoms with E-state index in [1.54, 1.807) is 0 Å². The summed E-state index contributed by atoms with van der Waals surface area (Å²) in [7, 11) is 0. The van der Waals surface area contributed by atoms with Crippen LogP contribution in [0, 0.1) is 0 Å². The van der Waals surface area contributed by atoms with Crippen molar-refractivity contribution >= 4 is 0 Å². The van der Waals surface area contributed by atoms with Gasteiger partial charge in [-0.15, -0.1) is 0 Å². The zero-order chi connectivity index (χ0) is 8.72. The second-order valence-electron chi connectivity index (χ2n) is 4.09. The van der Waals surface area contributed by atoms with Gasteiger partial charge < -0.3 is 4.74 Å². The van der Waals surface area contributed by atoms with Crippen LogP contribution in [0.2, 0.25) is 0 Å². The molecule has 0 aromatic heterocycles. The van der Waals surface area contributed by atoms with E-state index in [0.29, 0.717) is 18.2 Å². The van der Waals surface area contributed by atoms with Gasteiger partial charge in [0.05, 0.1) is 11.8 Å². The number of hydrogen-bond acceptors (Lipinski definition) is 2. The van der Waals surface area contributed by atoms with Gasteiger partial charge in [-0.1, -0.05) is 6.58 Å². The summed E-state index contributed by atoms with van der Waals surface area (Å²) in [5.74, 6) is 0.982. The molecular formula is C10H17NO. The molecular weight excluding hydrogens is 150 g/mol. The lowest BCUT2D eigenvalue weighted by molar-refractivity contribution is 0.135. The van der Waals surface area contributed by atoms with Gasteiger partial charge in [0.2, 0.25) is 0 Å². The topological polar surface area (TPSA) is 12.5 Å². The van der Waals surface area contributed by atoms with Crippen molar-refractivity contribution < 1.29 is 4.74 Å². The molecule has 0 aliphatic carbocycles. The van der Waals surface area contributed by atoms with Crippen LogP contribution in [-0.2, 0) is 4.74 Å². The summed E-state index contributed by atoms with van der Waals surface area (Å²) in [5, 5.41) is 0. The van der Waals surface area contributed by atoms with Crippen molar-refractivity contribution in [1.82, 2.24) is 4.90 Å². The summed E-state index contributed by atoms with van der Waals surface area (Å²) < 4.78 is 5.63. The first-order valence-electron chi connectivity index (χ1n) is 4.78. The third-order valence-corrected chi connectivity index (χ3v) is 2.95. The molecule has 2 fully saturated rings. The van der Waals surface area contributed by atoms with E-state index in [4.69, 9.17) is 4.74 Å². The molecule has 2 heteroatoms. The zero-order valence-electron chi connectivity index (χ0n) is 7.92. The first-order valence-corrected chi connectivity index (χ1v) is 4.78. The summed E-state index contributed by atoms with van der Waals surface area (Å²) in [6, 6.07) is 1.27. The van der Waals surface area contributed by atoms with Crippen LogP contribution in [0.1, 0.15) is 26.7 Å². The van der Waals surface area contributed by atoms with E-state index in [-0.39, 0.29) is 0 Å². The van der Waals surface area contributed by atoms with Crippen molar-refractivity contribution in [3.63, 3.8) is 0 Å². The van der Waals surface area contributed by atoms with Crippen molar-refractivity contribution in [3.05, 3.63) is 12.3 Å². The van der Waals surface area contributed by atoms with Gasteiger partial charge in [-0.2, -0.15) is 0 Å². The number of likely N-dealkylation sites (tertiary alicyclic amines) is 1. The molecule has 2 aliphatic rings. The first kappa shape index (κ1) is 8.11. The second-order valence-corrected chi connectivity index (χ2v) is 4.09. The Morgan fingerprint density at radius 2 is 2.33 bits per heavy atom. The van der Waals surface area contributed by atoms with E-state index in [0.717, 1.165) is 12.2 Å². The molecule has 2 atom stereocenters. The predicted octanol–water partition coefficient (Wildman–Crippen LogP) is 1.77. The van der Waals surface area contributed by atoms with Crippen molar-refractivity contribution in [2.75, 3.05) is 6.54 Å². The fourth-order valence-corrected chi connectivity index (χ4v) is 2.37. The third-order valence-electron chi connectivity index (χ3n) is 2.95. The maximum atomic E-state index is 5.63. The summed E-state index contributed by atoms with van der Waals surface area (Å²) in [4.78, 5) is 2.53. The average Bonchev–Trinajstić information content (AvgIpc) is 2.43. The molecule has 12 heavy (non-hydrogen) atoms. The van der Waals surface area contributed by atoms with Gasteiger partial charge in [-0.05, 0) is 20.3 Å². The molecule has 0 aromatic rings. The van der Waals surface area contributed by atoms with E-state index in [1.165, 1.54) is 13.0 Å². The zero-order valence-corrected chi connectivity index (χ0v) is 7.92. The Labute approximate surface area is 74.2 Å². The number of nitrogens with zero attached hydrogens (tertiary/aromatic N) is 1. The highest BCUT2D eigenvalue weighted by atomic mass is 16.5. The molecule has 0 spiro atoms. The van der Waals surface area contributed by atoms with Gasteiger partial charge in [-0.3, -0.25) is 4.90 Å². The van der Waals surface area contributed by atoms with E-state index in [1.807, 2.05) is 0 Å². The highest BCUT2D eigenvalue weighted by Gasteiger charge is 2.41. The van der Waals surface area contributed by atoms with Gasteiger partial charge in [0.1, 0.15) is 6.10 Å². The number of fused-ring (bicyclic) bond motifs is 1. The molecule has 0 radical (unpaired) electrons. The minimum Gasteiger partial charge on any atom is -0.494 e. The Balaban J connectivity index is 2.08. The van der Waals surface area contributed by atoms with Crippen molar-refractivity contribution in [2.45, 2.75) is 44.9 Å². The quantitative estimate of drug-likeness (QED) is 0.590. The van der Waals surface area contributed by atoms with Crippen LogP contribution in [0.25, 0.3) is 0 Å². The lowest BCUT2D eigenvalue weighted by Gasteiger charge is -2.25. The summed E-state index contributed by atoms with van der Waals surface area (Å²) in [6.07, 6.45) is 2.67. The molecule has 0 aromatic carbocycles. The van der Waals surface area contributed by atoms with Gasteiger partial charge in [-0.25, -0.2) is 0 Å². The molecule has 2 rings (SSSR count). The smallest absolute Gasteiger partial charge is 0.115 e. The number of hydrogen-bond donors (Lipinski definition) is 0. The van der Waals surface area contributed by atoms with Crippen molar-refractivity contribution in [1.29, 1.82) is 0 Å². The maximum Gasteiger partial charge on any atom is 0.115 e. The standard InChI is InChI=1S/C10H17NO/c1-7(2)11-5-4-10-9(11)6-8(3)12-10/h7,9-10H,3-6H2,1-2H3/t9-,10-/m1/s1. The molecule has 0 N–H and O–H groups in total. The SMILES string of the molecule is C=C1C[C@@H]2[C@@H](CCN2C(C)C)O1. The van der Waals surface area contributed by atoms with Crippen LogP contribution in [0.5, 0.6) is 0 Å². The average molecular weight is 167 g/mol. The number of rotatable bonds is 1. The van der Waals surface area contributed by atoms with E-state index in [9.17, 15) is 0 Å². The molecule has 2 nitrogen and oxygen atoms in total. The molecule has 0 bridgehead atoms. The Morgan fingerprint density at radius 3 is 3.00 bits per heavy atom. The monoisotopic (exact) mass is 167 g/mol. The van der Waals surface area contributed by atoms with Crippen molar-refractivity contribution in [2.24, 2.45) is 0 Å². The van der Waals surface area contributed by atoms with Gasteiger partial charge in [0.15, 0.2) is 0 Å². The molecule has 0 unspecified atom stereocenters. The highest BCUT2D eigenvalue weighted by Crippen LogP contribution is 2.34. The Kier molecular flexibility index (Phi) is 1.87.